The number of methoxy groups -OCH3 is 6. The zero-order chi connectivity index (χ0) is 50.3. The molecule has 0 atom stereocenters. The molecular formula is C48H83B2MgN12O6+3. The van der Waals surface area contributed by atoms with E-state index in [-0.39, 0.29) is 55.5 Å². The van der Waals surface area contributed by atoms with Gasteiger partial charge in [-0.15, -0.1) is 0 Å². The Kier molecular flexibility index (Phi) is 19.5. The fourth-order valence-corrected chi connectivity index (χ4v) is 9.01. The normalized spacial score (nSPS) is 13.0. The molecule has 0 unspecified atom stereocenters. The van der Waals surface area contributed by atoms with E-state index in [0.717, 1.165) is 34.2 Å². The molecular weight excluding hydrogens is 887 g/mol. The fraction of sp³-hybridized carbons (Fsp3) is 0.625. The van der Waals surface area contributed by atoms with Crippen LogP contribution >= 0.6 is 0 Å². The fourth-order valence-electron chi connectivity index (χ4n) is 9.01. The number of aromatic nitrogens is 12. The first-order valence-corrected chi connectivity index (χ1v) is 23.7. The third kappa shape index (κ3) is 13.7. The van der Waals surface area contributed by atoms with E-state index < -0.39 is 14.2 Å². The van der Waals surface area contributed by atoms with Crippen LogP contribution in [-0.2, 0) is 60.9 Å². The van der Waals surface area contributed by atoms with Crippen LogP contribution in [0.2, 0.25) is 0 Å². The first-order chi connectivity index (χ1) is 31.9. The average molecular weight is 970 g/mol. The molecule has 0 spiro atoms. The van der Waals surface area contributed by atoms with Crippen molar-refractivity contribution in [2.45, 2.75) is 116 Å². The second-order valence-corrected chi connectivity index (χ2v) is 22.4. The van der Waals surface area contributed by atoms with Crippen LogP contribution in [-0.4, -0.2) is 162 Å². The summed E-state index contributed by atoms with van der Waals surface area (Å²) in [6.07, 6.45) is 12.3. The molecule has 0 saturated heterocycles. The van der Waals surface area contributed by atoms with Crippen molar-refractivity contribution >= 4 is 37.3 Å². The van der Waals surface area contributed by atoms with E-state index >= 15 is 0 Å². The Hall–Kier alpha value is -4.08. The maximum Gasteiger partial charge on any atom is 2.00 e. The van der Waals surface area contributed by atoms with Crippen molar-refractivity contribution in [1.29, 1.82) is 0 Å². The van der Waals surface area contributed by atoms with Crippen molar-refractivity contribution in [1.82, 2.24) is 42.9 Å². The summed E-state index contributed by atoms with van der Waals surface area (Å²) in [4.78, 5) is 0. The molecule has 6 aromatic rings. The molecule has 18 nitrogen and oxygen atoms in total. The second-order valence-electron chi connectivity index (χ2n) is 22.4. The van der Waals surface area contributed by atoms with Gasteiger partial charge in [0.1, 0.15) is 0 Å². The molecule has 6 rings (SSSR count). The Morgan fingerprint density at radius 3 is 0.826 bits per heavy atom. The molecule has 376 valence electrons. The van der Waals surface area contributed by atoms with Gasteiger partial charge >= 0.3 is 37.3 Å². The zero-order valence-corrected chi connectivity index (χ0v) is 46.7. The molecule has 0 saturated carbocycles. The molecule has 0 aliphatic heterocycles. The van der Waals surface area contributed by atoms with E-state index in [1.807, 2.05) is 32.4 Å². The predicted molar refractivity (Wildman–Crippen MR) is 271 cm³/mol. The first-order valence-electron chi connectivity index (χ1n) is 23.7. The van der Waals surface area contributed by atoms with Crippen LogP contribution in [0.5, 0.6) is 0 Å². The Morgan fingerprint density at radius 2 is 0.594 bits per heavy atom. The number of aromatic amines is 3. The minimum Gasteiger partial charge on any atom is -0.403 e. The largest absolute Gasteiger partial charge is 2.00 e. The van der Waals surface area contributed by atoms with Gasteiger partial charge in [-0.05, 0) is 78.3 Å². The summed E-state index contributed by atoms with van der Waals surface area (Å²) in [6, 6.07) is 12.6. The smallest absolute Gasteiger partial charge is 0.403 e. The van der Waals surface area contributed by atoms with Crippen LogP contribution in [0.1, 0.15) is 117 Å². The van der Waals surface area contributed by atoms with E-state index in [0.29, 0.717) is 39.6 Å². The molecule has 0 bridgehead atoms. The molecule has 0 aliphatic rings. The number of nitrogens with one attached hydrogen (secondary N) is 3. The van der Waals surface area contributed by atoms with Gasteiger partial charge in [0.2, 0.25) is 17.1 Å². The molecule has 3 N–H and O–H groups in total. The van der Waals surface area contributed by atoms with Crippen LogP contribution in [0.3, 0.4) is 0 Å². The monoisotopic (exact) mass is 970 g/mol. The van der Waals surface area contributed by atoms with Crippen LogP contribution < -0.4 is 15.3 Å². The van der Waals surface area contributed by atoms with Gasteiger partial charge in [-0.3, -0.25) is 13.8 Å². The summed E-state index contributed by atoms with van der Waals surface area (Å²) in [5, 5.41) is 25.8. The molecule has 0 amide bonds. The topological polar surface area (TPSA) is 166 Å². The van der Waals surface area contributed by atoms with Crippen LogP contribution in [0.25, 0.3) is 0 Å². The summed E-state index contributed by atoms with van der Waals surface area (Å²) in [5.41, 5.74) is 5.19. The third-order valence-corrected chi connectivity index (χ3v) is 13.1. The van der Waals surface area contributed by atoms with Gasteiger partial charge in [0.25, 0.3) is 0 Å². The minimum absolute atomic E-state index is 0. The Labute approximate surface area is 427 Å². The molecule has 0 aliphatic carbocycles. The van der Waals surface area contributed by atoms with Crippen molar-refractivity contribution in [3.8, 4) is 0 Å². The van der Waals surface area contributed by atoms with E-state index in [1.165, 1.54) is 0 Å². The summed E-state index contributed by atoms with van der Waals surface area (Å²) < 4.78 is 45.1. The summed E-state index contributed by atoms with van der Waals surface area (Å²) >= 11 is 0. The third-order valence-electron chi connectivity index (χ3n) is 13.1. The van der Waals surface area contributed by atoms with Crippen LogP contribution in [0, 0.1) is 0 Å². The average Bonchev–Trinajstić information content (AvgIpc) is 4.11. The van der Waals surface area contributed by atoms with Gasteiger partial charge in [0.05, 0.1) is 73.0 Å². The number of hydrogen-bond donors (Lipinski definition) is 0. The van der Waals surface area contributed by atoms with Crippen molar-refractivity contribution in [2.75, 3.05) is 82.3 Å². The van der Waals surface area contributed by atoms with Crippen molar-refractivity contribution in [2.24, 2.45) is 0 Å². The summed E-state index contributed by atoms with van der Waals surface area (Å²) in [7, 11) is 7.53. The molecule has 0 radical (unpaired) electrons. The number of hydrogen-bond acceptors (Lipinski definition) is 9. The molecule has 21 heteroatoms. The zero-order valence-electron chi connectivity index (χ0n) is 45.3. The van der Waals surface area contributed by atoms with Crippen LogP contribution in [0.15, 0.2) is 73.6 Å². The Morgan fingerprint density at radius 1 is 0.362 bits per heavy atom. The first kappa shape index (κ1) is 57.5. The minimum atomic E-state index is -1.50. The number of nitrogens with zero attached hydrogens (tertiary/aromatic N) is 9. The quantitative estimate of drug-likeness (QED) is 0.0829. The van der Waals surface area contributed by atoms with E-state index in [9.17, 15) is 0 Å². The predicted octanol–water partition coefficient (Wildman–Crippen LogP) is 3.30. The van der Waals surface area contributed by atoms with Crippen molar-refractivity contribution in [3.63, 3.8) is 0 Å². The second kappa shape index (κ2) is 23.4. The van der Waals surface area contributed by atoms with E-state index in [2.05, 4.69) is 167 Å². The number of ether oxygens (including phenoxy) is 6. The Bertz CT molecular complexity index is 2050. The number of rotatable bonds is 24. The maximum atomic E-state index is 5.46. The SMILES string of the molecule is COCC(C)(C)c1ccn([BH-](n2ccc(C(C)(C)COC)[nH+]2)n2ccc(C(C)(C)COC)[nH+]2)[nH+]1.COCC(C)(C)c1ccn([BH-](n2ccc(C(C)(C)COC)n2)n2ccc(C(C)(C)COC)n2)n1.[Mg+2]. The maximum absolute atomic E-state index is 5.46. The van der Waals surface area contributed by atoms with Gasteiger partial charge in [-0.25, -0.2) is 15.3 Å². The molecule has 6 heterocycles. The van der Waals surface area contributed by atoms with Crippen molar-refractivity contribution in [3.05, 3.63) is 108 Å². The molecule has 69 heavy (non-hydrogen) atoms. The van der Waals surface area contributed by atoms with E-state index in [1.54, 1.807) is 42.7 Å². The van der Waals surface area contributed by atoms with Crippen molar-refractivity contribution < 1.29 is 43.7 Å². The van der Waals surface area contributed by atoms with Gasteiger partial charge in [0.15, 0.2) is 0 Å². The number of H-pyrrole nitrogens is 3. The van der Waals surface area contributed by atoms with Gasteiger partial charge in [-0.1, -0.05) is 41.5 Å². The van der Waals surface area contributed by atoms with Crippen LogP contribution in [0.4, 0.5) is 0 Å². The molecule has 0 aromatic carbocycles. The molecule has 0 fully saturated rings. The van der Waals surface area contributed by atoms with E-state index in [4.69, 9.17) is 43.7 Å². The van der Waals surface area contributed by atoms with Gasteiger partial charge in [-0.2, -0.15) is 15.3 Å². The molecule has 6 aromatic heterocycles. The summed E-state index contributed by atoms with van der Waals surface area (Å²) in [5.74, 6) is 0. The summed E-state index contributed by atoms with van der Waals surface area (Å²) in [6.45, 7) is 29.5. The standard InChI is InChI=1S/2C24H40BN6O3.Mg/c2*1-22(2,16-32-7)19-10-13-29(26-19)25(30-14-11-20(27-30)23(3,4)17-33-8)31-15-12-21(28-31)24(5,6)18-34-9;/h2*10-15,25H,16-18H2,1-9H3;/q2*-1;+2/p+3. The van der Waals surface area contributed by atoms with Gasteiger partial charge < -0.3 is 42.2 Å². The van der Waals surface area contributed by atoms with Gasteiger partial charge in [0, 0.05) is 95.7 Å². The Balaban J connectivity index is 0.000000296.